The second kappa shape index (κ2) is 7.89. The number of non-ortho nitro benzene ring substituents is 1. The first-order valence-electron chi connectivity index (χ1n) is 8.90. The highest BCUT2D eigenvalue weighted by molar-refractivity contribution is 6.07. The minimum absolute atomic E-state index is 0.00267. The molecular weight excluding hydrogens is 372 g/mol. The maximum atomic E-state index is 13.0. The average molecular weight is 388 g/mol. The molecule has 29 heavy (non-hydrogen) atoms. The second-order valence-electron chi connectivity index (χ2n) is 6.46. The molecule has 0 aliphatic rings. The SMILES string of the molecule is O=C(N[C@H](Cc1ccc([N+](=O)[O-])cc1)c1nnco1)c1cccc2ccccc12. The van der Waals surface area contributed by atoms with Gasteiger partial charge in [-0.25, -0.2) is 0 Å². The number of benzene rings is 3. The Hall–Kier alpha value is -4.07. The van der Waals surface area contributed by atoms with Gasteiger partial charge in [0.2, 0.25) is 12.3 Å². The number of carbonyl (C=O) groups excluding carboxylic acids is 1. The molecule has 1 heterocycles. The van der Waals surface area contributed by atoms with Gasteiger partial charge in [-0.05, 0) is 22.4 Å². The van der Waals surface area contributed by atoms with Crippen molar-refractivity contribution in [3.05, 3.63) is 100 Å². The lowest BCUT2D eigenvalue weighted by molar-refractivity contribution is -0.384. The molecule has 144 valence electrons. The van der Waals surface area contributed by atoms with Crippen molar-refractivity contribution in [2.45, 2.75) is 12.5 Å². The van der Waals surface area contributed by atoms with Gasteiger partial charge in [0.25, 0.3) is 11.6 Å². The Balaban J connectivity index is 1.61. The van der Waals surface area contributed by atoms with Crippen LogP contribution in [0.4, 0.5) is 5.69 Å². The van der Waals surface area contributed by atoms with Gasteiger partial charge in [-0.3, -0.25) is 14.9 Å². The molecular formula is C21H16N4O4. The van der Waals surface area contributed by atoms with E-state index in [0.29, 0.717) is 12.0 Å². The number of hydrogen-bond acceptors (Lipinski definition) is 6. The van der Waals surface area contributed by atoms with Crippen molar-refractivity contribution in [3.8, 4) is 0 Å². The fourth-order valence-corrected chi connectivity index (χ4v) is 3.18. The molecule has 1 amide bonds. The molecule has 0 bridgehead atoms. The topological polar surface area (TPSA) is 111 Å². The number of hydrogen-bond donors (Lipinski definition) is 1. The standard InChI is InChI=1S/C21H16N4O4/c26-20(18-7-3-5-15-4-1-2-6-17(15)18)23-19(21-24-22-13-29-21)12-14-8-10-16(11-9-14)25(27)28/h1-11,13,19H,12H2,(H,23,26)/t19-/m1/s1. The number of fused-ring (bicyclic) bond motifs is 1. The van der Waals surface area contributed by atoms with E-state index in [4.69, 9.17) is 4.42 Å². The highest BCUT2D eigenvalue weighted by Gasteiger charge is 2.22. The predicted molar refractivity (Wildman–Crippen MR) is 105 cm³/mol. The summed E-state index contributed by atoms with van der Waals surface area (Å²) in [7, 11) is 0. The Bertz CT molecular complexity index is 1150. The number of nitrogens with one attached hydrogen (secondary N) is 1. The van der Waals surface area contributed by atoms with Crippen molar-refractivity contribution in [2.75, 3.05) is 0 Å². The largest absolute Gasteiger partial charge is 0.426 e. The quantitative estimate of drug-likeness (QED) is 0.397. The number of rotatable bonds is 6. The predicted octanol–water partition coefficient (Wildman–Crippen LogP) is 3.84. The summed E-state index contributed by atoms with van der Waals surface area (Å²) in [5, 5.41) is 23.2. The normalized spacial score (nSPS) is 11.9. The lowest BCUT2D eigenvalue weighted by Crippen LogP contribution is -2.30. The van der Waals surface area contributed by atoms with Crippen molar-refractivity contribution >= 4 is 22.4 Å². The molecule has 1 atom stereocenters. The number of nitrogens with zero attached hydrogens (tertiary/aromatic N) is 3. The third-order valence-corrected chi connectivity index (χ3v) is 4.60. The van der Waals surface area contributed by atoms with E-state index < -0.39 is 11.0 Å². The number of amides is 1. The molecule has 3 aromatic carbocycles. The zero-order chi connectivity index (χ0) is 20.2. The number of carbonyl (C=O) groups is 1. The van der Waals surface area contributed by atoms with Crippen molar-refractivity contribution in [1.29, 1.82) is 0 Å². The summed E-state index contributed by atoms with van der Waals surface area (Å²) in [6.07, 6.45) is 1.54. The number of nitro benzene ring substituents is 1. The van der Waals surface area contributed by atoms with Crippen LogP contribution in [0.1, 0.15) is 27.9 Å². The van der Waals surface area contributed by atoms with Gasteiger partial charge in [-0.1, -0.05) is 48.5 Å². The van der Waals surface area contributed by atoms with Crippen LogP contribution in [0, 0.1) is 10.1 Å². The van der Waals surface area contributed by atoms with Gasteiger partial charge in [-0.2, -0.15) is 0 Å². The van der Waals surface area contributed by atoms with Crippen molar-refractivity contribution in [2.24, 2.45) is 0 Å². The van der Waals surface area contributed by atoms with Crippen LogP contribution in [0.5, 0.6) is 0 Å². The van der Waals surface area contributed by atoms with E-state index >= 15 is 0 Å². The molecule has 1 N–H and O–H groups in total. The van der Waals surface area contributed by atoms with E-state index in [-0.39, 0.29) is 17.5 Å². The van der Waals surface area contributed by atoms with Gasteiger partial charge in [0, 0.05) is 24.1 Å². The van der Waals surface area contributed by atoms with Crippen LogP contribution in [0.2, 0.25) is 0 Å². The summed E-state index contributed by atoms with van der Waals surface area (Å²) in [4.78, 5) is 23.4. The van der Waals surface area contributed by atoms with E-state index in [2.05, 4.69) is 15.5 Å². The highest BCUT2D eigenvalue weighted by Crippen LogP contribution is 2.22. The summed E-state index contributed by atoms with van der Waals surface area (Å²) in [5.41, 5.74) is 1.33. The molecule has 1 aromatic heterocycles. The molecule has 0 aliphatic heterocycles. The highest BCUT2D eigenvalue weighted by atomic mass is 16.6. The number of nitro groups is 1. The molecule has 0 fully saturated rings. The van der Waals surface area contributed by atoms with Crippen LogP contribution in [0.3, 0.4) is 0 Å². The average Bonchev–Trinajstić information content (AvgIpc) is 3.28. The first kappa shape index (κ1) is 18.3. The van der Waals surface area contributed by atoms with Gasteiger partial charge in [0.1, 0.15) is 6.04 Å². The summed E-state index contributed by atoms with van der Waals surface area (Å²) < 4.78 is 5.31. The van der Waals surface area contributed by atoms with E-state index in [9.17, 15) is 14.9 Å². The molecule has 0 saturated carbocycles. The Morgan fingerprint density at radius 3 is 2.55 bits per heavy atom. The van der Waals surface area contributed by atoms with Crippen molar-refractivity contribution < 1.29 is 14.1 Å². The third kappa shape index (κ3) is 3.96. The maximum Gasteiger partial charge on any atom is 0.269 e. The van der Waals surface area contributed by atoms with E-state index in [0.717, 1.165) is 16.3 Å². The van der Waals surface area contributed by atoms with E-state index in [1.54, 1.807) is 18.2 Å². The summed E-state index contributed by atoms with van der Waals surface area (Å²) in [6, 6.07) is 18.7. The minimum Gasteiger partial charge on any atom is -0.426 e. The van der Waals surface area contributed by atoms with E-state index in [1.807, 2.05) is 36.4 Å². The Morgan fingerprint density at radius 1 is 1.07 bits per heavy atom. The van der Waals surface area contributed by atoms with Crippen molar-refractivity contribution in [1.82, 2.24) is 15.5 Å². The van der Waals surface area contributed by atoms with Gasteiger partial charge in [0.05, 0.1) is 4.92 Å². The summed E-state index contributed by atoms with van der Waals surface area (Å²) in [6.45, 7) is 0. The maximum absolute atomic E-state index is 13.0. The fourth-order valence-electron chi connectivity index (χ4n) is 3.18. The molecule has 8 heteroatoms. The first-order valence-corrected chi connectivity index (χ1v) is 8.90. The number of aromatic nitrogens is 2. The van der Waals surface area contributed by atoms with Crippen LogP contribution in [-0.2, 0) is 6.42 Å². The molecule has 8 nitrogen and oxygen atoms in total. The molecule has 0 aliphatic carbocycles. The van der Waals surface area contributed by atoms with Crippen LogP contribution >= 0.6 is 0 Å². The molecule has 0 radical (unpaired) electrons. The van der Waals surface area contributed by atoms with Crippen LogP contribution in [0.15, 0.2) is 77.5 Å². The van der Waals surface area contributed by atoms with Gasteiger partial charge < -0.3 is 9.73 Å². The first-order chi connectivity index (χ1) is 14.1. The van der Waals surface area contributed by atoms with Gasteiger partial charge >= 0.3 is 0 Å². The monoisotopic (exact) mass is 388 g/mol. The van der Waals surface area contributed by atoms with Crippen LogP contribution < -0.4 is 5.32 Å². The molecule has 0 spiro atoms. The zero-order valence-electron chi connectivity index (χ0n) is 15.2. The molecule has 0 saturated heterocycles. The minimum atomic E-state index is -0.578. The Labute approximate surface area is 165 Å². The summed E-state index contributed by atoms with van der Waals surface area (Å²) in [5.74, 6) is -0.0103. The second-order valence-corrected chi connectivity index (χ2v) is 6.46. The molecule has 4 aromatic rings. The van der Waals surface area contributed by atoms with Crippen molar-refractivity contribution in [3.63, 3.8) is 0 Å². The molecule has 4 rings (SSSR count). The van der Waals surface area contributed by atoms with Gasteiger partial charge in [-0.15, -0.1) is 10.2 Å². The fraction of sp³-hybridized carbons (Fsp3) is 0.0952. The molecule has 0 unspecified atom stereocenters. The van der Waals surface area contributed by atoms with Gasteiger partial charge in [0.15, 0.2) is 0 Å². The Kier molecular flexibility index (Phi) is 4.98. The smallest absolute Gasteiger partial charge is 0.269 e. The lowest BCUT2D eigenvalue weighted by Gasteiger charge is -2.16. The van der Waals surface area contributed by atoms with E-state index in [1.165, 1.54) is 18.5 Å². The summed E-state index contributed by atoms with van der Waals surface area (Å²) >= 11 is 0. The Morgan fingerprint density at radius 2 is 1.83 bits per heavy atom. The zero-order valence-corrected chi connectivity index (χ0v) is 15.2. The van der Waals surface area contributed by atoms with Crippen LogP contribution in [0.25, 0.3) is 10.8 Å². The lowest BCUT2D eigenvalue weighted by atomic mass is 10.0. The van der Waals surface area contributed by atoms with Crippen LogP contribution in [-0.4, -0.2) is 21.0 Å². The third-order valence-electron chi connectivity index (χ3n) is 4.60.